The Bertz CT molecular complexity index is 473. The summed E-state index contributed by atoms with van der Waals surface area (Å²) in [6.45, 7) is 1.20. The number of rotatable bonds is 6. The van der Waals surface area contributed by atoms with E-state index < -0.39 is 10.0 Å². The maximum absolute atomic E-state index is 12.1. The van der Waals surface area contributed by atoms with Gasteiger partial charge in [-0.25, -0.2) is 12.7 Å². The average Bonchev–Trinajstić information content (AvgIpc) is 2.58. The Hall–Kier alpha value is 0.150. The molecule has 17 heavy (non-hydrogen) atoms. The lowest BCUT2D eigenvalue weighted by Crippen LogP contribution is -2.29. The van der Waals surface area contributed by atoms with Gasteiger partial charge >= 0.3 is 0 Å². The van der Waals surface area contributed by atoms with E-state index in [1.54, 1.807) is 0 Å². The molecule has 0 aliphatic carbocycles. The molecule has 4 nitrogen and oxygen atoms in total. The average molecular weight is 317 g/mol. The third-order valence-electron chi connectivity index (χ3n) is 2.21. The van der Waals surface area contributed by atoms with Crippen molar-refractivity contribution in [1.29, 1.82) is 0 Å². The minimum Gasteiger partial charge on any atom is -0.320 e. The summed E-state index contributed by atoms with van der Waals surface area (Å²) < 4.78 is 26.1. The molecule has 8 heteroatoms. The van der Waals surface area contributed by atoms with Crippen LogP contribution in [0, 0.1) is 0 Å². The van der Waals surface area contributed by atoms with Crippen LogP contribution >= 0.6 is 34.5 Å². The Labute approximate surface area is 116 Å². The molecule has 1 rings (SSSR count). The number of nitrogens with zero attached hydrogens (tertiary/aromatic N) is 1. The molecule has 0 aliphatic rings. The van der Waals surface area contributed by atoms with Gasteiger partial charge in [-0.2, -0.15) is 0 Å². The van der Waals surface area contributed by atoms with Crippen LogP contribution in [0.25, 0.3) is 0 Å². The minimum atomic E-state index is -3.53. The maximum Gasteiger partial charge on any atom is 0.245 e. The van der Waals surface area contributed by atoms with Crippen LogP contribution in [-0.2, 0) is 10.0 Å². The van der Waals surface area contributed by atoms with E-state index >= 15 is 0 Å². The van der Waals surface area contributed by atoms with Crippen molar-refractivity contribution in [3.8, 4) is 0 Å². The zero-order valence-electron chi connectivity index (χ0n) is 9.53. The van der Waals surface area contributed by atoms with Crippen molar-refractivity contribution in [3.63, 3.8) is 0 Å². The summed E-state index contributed by atoms with van der Waals surface area (Å²) in [7, 11) is -0.172. The van der Waals surface area contributed by atoms with Crippen molar-refractivity contribution in [2.75, 3.05) is 27.2 Å². The summed E-state index contributed by atoms with van der Waals surface area (Å²) in [5, 5.41) is 2.96. The van der Waals surface area contributed by atoms with E-state index in [0.29, 0.717) is 10.9 Å². The number of sulfonamides is 1. The van der Waals surface area contributed by atoms with Crippen LogP contribution in [-0.4, -0.2) is 39.9 Å². The van der Waals surface area contributed by atoms with Crippen LogP contribution in [0.5, 0.6) is 0 Å². The van der Waals surface area contributed by atoms with Gasteiger partial charge in [0.25, 0.3) is 0 Å². The van der Waals surface area contributed by atoms with Crippen molar-refractivity contribution in [2.45, 2.75) is 11.3 Å². The summed E-state index contributed by atoms with van der Waals surface area (Å²) in [5.41, 5.74) is 0. The zero-order chi connectivity index (χ0) is 13.1. The van der Waals surface area contributed by atoms with Crippen molar-refractivity contribution >= 4 is 44.6 Å². The molecule has 0 amide bonds. The van der Waals surface area contributed by atoms with E-state index in [-0.39, 0.29) is 9.23 Å². The van der Waals surface area contributed by atoms with Crippen molar-refractivity contribution in [2.24, 2.45) is 0 Å². The third-order valence-corrected chi connectivity index (χ3v) is 5.82. The molecule has 0 atom stereocenters. The van der Waals surface area contributed by atoms with Crippen LogP contribution in [0.1, 0.15) is 6.42 Å². The Kier molecular flexibility index (Phi) is 5.69. The summed E-state index contributed by atoms with van der Waals surface area (Å²) >= 11 is 12.6. The molecule has 1 aromatic heterocycles. The number of thiophene rings is 1. The molecule has 0 bridgehead atoms. The fraction of sp³-hybridized carbons (Fsp3) is 0.556. The molecular weight excluding hydrogens is 303 g/mol. The lowest BCUT2D eigenvalue weighted by Gasteiger charge is -2.16. The summed E-state index contributed by atoms with van der Waals surface area (Å²) in [6.07, 6.45) is 0.738. The van der Waals surface area contributed by atoms with Gasteiger partial charge in [0.15, 0.2) is 0 Å². The van der Waals surface area contributed by atoms with Crippen LogP contribution in [0.3, 0.4) is 0 Å². The van der Waals surface area contributed by atoms with Gasteiger partial charge in [0.05, 0.1) is 4.34 Å². The molecular formula is C9H14Cl2N2O2S2. The van der Waals surface area contributed by atoms with E-state index in [1.165, 1.54) is 17.4 Å². The minimum absolute atomic E-state index is 0.0844. The topological polar surface area (TPSA) is 49.4 Å². The van der Waals surface area contributed by atoms with Crippen molar-refractivity contribution < 1.29 is 8.42 Å². The van der Waals surface area contributed by atoms with E-state index in [9.17, 15) is 8.42 Å². The van der Waals surface area contributed by atoms with Crippen LogP contribution in [0.4, 0.5) is 0 Å². The largest absolute Gasteiger partial charge is 0.320 e. The number of nitrogens with one attached hydrogen (secondary N) is 1. The first kappa shape index (κ1) is 15.2. The van der Waals surface area contributed by atoms with Gasteiger partial charge in [0.1, 0.15) is 9.23 Å². The van der Waals surface area contributed by atoms with Crippen LogP contribution in [0.2, 0.25) is 8.67 Å². The highest BCUT2D eigenvalue weighted by atomic mass is 35.5. The van der Waals surface area contributed by atoms with Crippen molar-refractivity contribution in [1.82, 2.24) is 9.62 Å². The molecule has 0 saturated heterocycles. The zero-order valence-corrected chi connectivity index (χ0v) is 12.7. The standard InChI is InChI=1S/C9H14Cl2N2O2S2/c1-12-4-3-5-13(2)17(14,15)7-6-8(10)16-9(7)11/h6,12H,3-5H2,1-2H3. The first-order chi connectivity index (χ1) is 7.89. The maximum atomic E-state index is 12.1. The smallest absolute Gasteiger partial charge is 0.245 e. The van der Waals surface area contributed by atoms with Gasteiger partial charge in [-0.15, -0.1) is 11.3 Å². The fourth-order valence-corrected chi connectivity index (χ4v) is 4.59. The van der Waals surface area contributed by atoms with E-state index in [1.807, 2.05) is 7.05 Å². The Morgan fingerprint density at radius 1 is 1.47 bits per heavy atom. The molecule has 0 unspecified atom stereocenters. The molecule has 1 aromatic rings. The van der Waals surface area contributed by atoms with Gasteiger partial charge in [-0.1, -0.05) is 23.2 Å². The highest BCUT2D eigenvalue weighted by Gasteiger charge is 2.25. The monoisotopic (exact) mass is 316 g/mol. The molecule has 0 radical (unpaired) electrons. The lowest BCUT2D eigenvalue weighted by molar-refractivity contribution is 0.458. The summed E-state index contributed by atoms with van der Waals surface area (Å²) in [4.78, 5) is 0.0844. The van der Waals surface area contributed by atoms with Gasteiger partial charge in [0.2, 0.25) is 10.0 Å². The van der Waals surface area contributed by atoms with Gasteiger partial charge in [0, 0.05) is 13.6 Å². The molecule has 0 aromatic carbocycles. The molecule has 0 saturated carbocycles. The van der Waals surface area contributed by atoms with Gasteiger partial charge in [-0.3, -0.25) is 0 Å². The van der Waals surface area contributed by atoms with Gasteiger partial charge in [-0.05, 0) is 26.1 Å². The third kappa shape index (κ3) is 3.81. The Balaban J connectivity index is 2.84. The second kappa shape index (κ2) is 6.36. The molecule has 1 heterocycles. The number of hydrogen-bond donors (Lipinski definition) is 1. The number of halogens is 2. The van der Waals surface area contributed by atoms with Gasteiger partial charge < -0.3 is 5.32 Å². The Morgan fingerprint density at radius 2 is 2.12 bits per heavy atom. The normalized spacial score (nSPS) is 12.3. The summed E-state index contributed by atoms with van der Waals surface area (Å²) in [6, 6.07) is 1.39. The fourth-order valence-electron chi connectivity index (χ4n) is 1.27. The molecule has 98 valence electrons. The number of hydrogen-bond acceptors (Lipinski definition) is 4. The van der Waals surface area contributed by atoms with E-state index in [4.69, 9.17) is 23.2 Å². The molecule has 1 N–H and O–H groups in total. The molecule has 0 spiro atoms. The second-order valence-electron chi connectivity index (χ2n) is 3.47. The van der Waals surface area contributed by atoms with Crippen LogP contribution in [0.15, 0.2) is 11.0 Å². The first-order valence-electron chi connectivity index (χ1n) is 4.95. The quantitative estimate of drug-likeness (QED) is 0.819. The van der Waals surface area contributed by atoms with Crippen LogP contribution < -0.4 is 5.32 Å². The summed E-state index contributed by atoms with van der Waals surface area (Å²) in [5.74, 6) is 0. The van der Waals surface area contributed by atoms with E-state index in [0.717, 1.165) is 24.3 Å². The SMILES string of the molecule is CNCCCN(C)S(=O)(=O)c1cc(Cl)sc1Cl. The molecule has 0 fully saturated rings. The van der Waals surface area contributed by atoms with E-state index in [2.05, 4.69) is 5.32 Å². The molecule has 0 aliphatic heterocycles. The predicted octanol–water partition coefficient (Wildman–Crippen LogP) is 2.28. The predicted molar refractivity (Wildman–Crippen MR) is 72.7 cm³/mol. The lowest BCUT2D eigenvalue weighted by atomic mass is 10.4. The second-order valence-corrected chi connectivity index (χ2v) is 7.77. The Morgan fingerprint density at radius 3 is 2.59 bits per heavy atom. The highest BCUT2D eigenvalue weighted by Crippen LogP contribution is 2.35. The van der Waals surface area contributed by atoms with Crippen molar-refractivity contribution in [3.05, 3.63) is 14.7 Å². The highest BCUT2D eigenvalue weighted by molar-refractivity contribution is 7.89. The first-order valence-corrected chi connectivity index (χ1v) is 7.96.